The van der Waals surface area contributed by atoms with E-state index in [9.17, 15) is 9.18 Å². The third-order valence-corrected chi connectivity index (χ3v) is 3.73. The molecule has 4 nitrogen and oxygen atoms in total. The van der Waals surface area contributed by atoms with Crippen molar-refractivity contribution in [3.8, 4) is 5.75 Å². The van der Waals surface area contributed by atoms with Gasteiger partial charge in [0.05, 0.1) is 5.02 Å². The average Bonchev–Trinajstić information content (AvgIpc) is 2.48. The maximum Gasteiger partial charge on any atom is 0.260 e. The number of nitrogens with zero attached hydrogens (tertiary/aromatic N) is 1. The molecule has 1 N–H and O–H groups in total. The van der Waals surface area contributed by atoms with Gasteiger partial charge in [0.25, 0.3) is 5.91 Å². The summed E-state index contributed by atoms with van der Waals surface area (Å²) in [4.78, 5) is 13.8. The largest absolute Gasteiger partial charge is 0.484 e. The molecule has 1 heterocycles. The van der Waals surface area contributed by atoms with Crippen molar-refractivity contribution >= 4 is 17.5 Å². The highest BCUT2D eigenvalue weighted by molar-refractivity contribution is 6.30. The molecule has 0 aromatic heterocycles. The summed E-state index contributed by atoms with van der Waals surface area (Å²) < 4.78 is 18.4. The van der Waals surface area contributed by atoms with Gasteiger partial charge in [-0.1, -0.05) is 11.6 Å². The Morgan fingerprint density at radius 2 is 2.40 bits per heavy atom. The van der Waals surface area contributed by atoms with Crippen molar-refractivity contribution in [2.24, 2.45) is 0 Å². The minimum Gasteiger partial charge on any atom is -0.484 e. The lowest BCUT2D eigenvalue weighted by atomic mass is 10.1. The first kappa shape index (κ1) is 15.1. The second-order valence-electron chi connectivity index (χ2n) is 4.83. The van der Waals surface area contributed by atoms with E-state index in [2.05, 4.69) is 5.32 Å². The van der Waals surface area contributed by atoms with E-state index >= 15 is 0 Å². The first-order valence-corrected chi connectivity index (χ1v) is 7.01. The Morgan fingerprint density at radius 3 is 3.10 bits per heavy atom. The smallest absolute Gasteiger partial charge is 0.260 e. The monoisotopic (exact) mass is 300 g/mol. The Hall–Kier alpha value is -1.33. The van der Waals surface area contributed by atoms with Crippen molar-refractivity contribution in [2.45, 2.75) is 18.9 Å². The van der Waals surface area contributed by atoms with E-state index in [0.29, 0.717) is 18.3 Å². The molecule has 1 fully saturated rings. The number of piperidine rings is 1. The quantitative estimate of drug-likeness (QED) is 0.925. The molecular weight excluding hydrogens is 283 g/mol. The maximum atomic E-state index is 13.0. The highest BCUT2D eigenvalue weighted by Gasteiger charge is 2.22. The molecule has 1 aromatic rings. The summed E-state index contributed by atoms with van der Waals surface area (Å²) in [5.41, 5.74) is 0. The van der Waals surface area contributed by atoms with Crippen LogP contribution in [0.4, 0.5) is 4.39 Å². The molecule has 1 aliphatic rings. The molecule has 110 valence electrons. The third kappa shape index (κ3) is 3.84. The molecule has 0 aliphatic carbocycles. The van der Waals surface area contributed by atoms with Gasteiger partial charge in [-0.2, -0.15) is 0 Å². The molecular formula is C14H18ClFN2O2. The first-order valence-electron chi connectivity index (χ1n) is 6.63. The van der Waals surface area contributed by atoms with E-state index in [1.807, 2.05) is 7.05 Å². The fraction of sp³-hybridized carbons (Fsp3) is 0.500. The van der Waals surface area contributed by atoms with Crippen LogP contribution in [0, 0.1) is 5.82 Å². The molecule has 0 radical (unpaired) electrons. The van der Waals surface area contributed by atoms with E-state index in [4.69, 9.17) is 16.3 Å². The lowest BCUT2D eigenvalue weighted by molar-refractivity contribution is -0.134. The zero-order valence-corrected chi connectivity index (χ0v) is 12.1. The number of carbonyl (C=O) groups excluding carboxylic acids is 1. The van der Waals surface area contributed by atoms with Gasteiger partial charge in [0.2, 0.25) is 0 Å². The molecule has 1 saturated heterocycles. The normalized spacial score (nSPS) is 18.9. The predicted octanol–water partition coefficient (Wildman–Crippen LogP) is 2.07. The molecule has 20 heavy (non-hydrogen) atoms. The third-order valence-electron chi connectivity index (χ3n) is 3.44. The van der Waals surface area contributed by atoms with Crippen LogP contribution in [0.1, 0.15) is 12.8 Å². The van der Waals surface area contributed by atoms with Gasteiger partial charge in [-0.05, 0) is 32.0 Å². The number of hydrogen-bond acceptors (Lipinski definition) is 3. The van der Waals surface area contributed by atoms with Gasteiger partial charge in [0, 0.05) is 25.2 Å². The van der Waals surface area contributed by atoms with Crippen molar-refractivity contribution in [2.75, 3.05) is 26.7 Å². The average molecular weight is 301 g/mol. The zero-order chi connectivity index (χ0) is 14.5. The number of likely N-dealkylation sites (tertiary alicyclic amines) is 1. The Balaban J connectivity index is 1.86. The summed E-state index contributed by atoms with van der Waals surface area (Å²) in [6.45, 7) is 1.39. The molecule has 1 aliphatic heterocycles. The van der Waals surface area contributed by atoms with Crippen molar-refractivity contribution in [1.29, 1.82) is 0 Å². The number of likely N-dealkylation sites (N-methyl/N-ethyl adjacent to an activating group) is 1. The minimum atomic E-state index is -0.502. The summed E-state index contributed by atoms with van der Waals surface area (Å²) in [6.07, 6.45) is 2.06. The SMILES string of the molecule is CN[C@@H]1CCCN(C(=O)COc2ccc(F)c(Cl)c2)C1. The van der Waals surface area contributed by atoms with Crippen LogP contribution in [0.25, 0.3) is 0 Å². The molecule has 2 rings (SSSR count). The topological polar surface area (TPSA) is 41.6 Å². The molecule has 0 bridgehead atoms. The van der Waals surface area contributed by atoms with Crippen LogP contribution in [-0.4, -0.2) is 43.6 Å². The molecule has 0 saturated carbocycles. The molecule has 6 heteroatoms. The van der Waals surface area contributed by atoms with Crippen LogP contribution in [0.2, 0.25) is 5.02 Å². The van der Waals surface area contributed by atoms with E-state index in [1.54, 1.807) is 4.90 Å². The summed E-state index contributed by atoms with van der Waals surface area (Å²) in [7, 11) is 1.90. The Bertz CT molecular complexity index is 484. The zero-order valence-electron chi connectivity index (χ0n) is 11.4. The highest BCUT2D eigenvalue weighted by Crippen LogP contribution is 2.21. The number of hydrogen-bond donors (Lipinski definition) is 1. The van der Waals surface area contributed by atoms with Crippen molar-refractivity contribution < 1.29 is 13.9 Å². The number of halogens is 2. The first-order chi connectivity index (χ1) is 9.60. The van der Waals surface area contributed by atoms with Crippen LogP contribution >= 0.6 is 11.6 Å². The van der Waals surface area contributed by atoms with Gasteiger partial charge in [-0.15, -0.1) is 0 Å². The summed E-state index contributed by atoms with van der Waals surface area (Å²) in [5.74, 6) is -0.171. The van der Waals surface area contributed by atoms with Gasteiger partial charge >= 0.3 is 0 Å². The van der Waals surface area contributed by atoms with Crippen LogP contribution in [-0.2, 0) is 4.79 Å². The summed E-state index contributed by atoms with van der Waals surface area (Å²) in [6, 6.07) is 4.39. The van der Waals surface area contributed by atoms with Crippen LogP contribution in [0.5, 0.6) is 5.75 Å². The van der Waals surface area contributed by atoms with Gasteiger partial charge < -0.3 is 15.0 Å². The fourth-order valence-corrected chi connectivity index (χ4v) is 2.41. The molecule has 1 aromatic carbocycles. The van der Waals surface area contributed by atoms with Crippen LogP contribution in [0.3, 0.4) is 0 Å². The van der Waals surface area contributed by atoms with Gasteiger partial charge in [-0.25, -0.2) is 4.39 Å². The van der Waals surface area contributed by atoms with Crippen LogP contribution < -0.4 is 10.1 Å². The van der Waals surface area contributed by atoms with Gasteiger partial charge in [0.15, 0.2) is 6.61 Å². The van der Waals surface area contributed by atoms with Crippen molar-refractivity contribution in [3.63, 3.8) is 0 Å². The number of benzene rings is 1. The number of ether oxygens (including phenoxy) is 1. The Labute approximate surface area is 122 Å². The lowest BCUT2D eigenvalue weighted by Crippen LogP contribution is -2.48. The minimum absolute atomic E-state index is 0.0110. The predicted molar refractivity (Wildman–Crippen MR) is 75.6 cm³/mol. The molecule has 0 unspecified atom stereocenters. The van der Waals surface area contributed by atoms with Crippen molar-refractivity contribution in [1.82, 2.24) is 10.2 Å². The van der Waals surface area contributed by atoms with Gasteiger partial charge in [-0.3, -0.25) is 4.79 Å². The van der Waals surface area contributed by atoms with E-state index < -0.39 is 5.82 Å². The van der Waals surface area contributed by atoms with E-state index in [1.165, 1.54) is 18.2 Å². The van der Waals surface area contributed by atoms with Crippen molar-refractivity contribution in [3.05, 3.63) is 29.0 Å². The Morgan fingerprint density at radius 1 is 1.60 bits per heavy atom. The molecule has 0 spiro atoms. The standard InChI is InChI=1S/C14H18ClFN2O2/c1-17-10-3-2-6-18(8-10)14(19)9-20-11-4-5-13(16)12(15)7-11/h4-5,7,10,17H,2-3,6,8-9H2,1H3/t10-/m1/s1. The van der Waals surface area contributed by atoms with E-state index in [0.717, 1.165) is 19.4 Å². The number of rotatable bonds is 4. The second kappa shape index (κ2) is 6.90. The highest BCUT2D eigenvalue weighted by atomic mass is 35.5. The molecule has 1 amide bonds. The fourth-order valence-electron chi connectivity index (χ4n) is 2.24. The van der Waals surface area contributed by atoms with Crippen LogP contribution in [0.15, 0.2) is 18.2 Å². The lowest BCUT2D eigenvalue weighted by Gasteiger charge is -2.32. The number of amides is 1. The second-order valence-corrected chi connectivity index (χ2v) is 5.24. The number of nitrogens with one attached hydrogen (secondary N) is 1. The van der Waals surface area contributed by atoms with E-state index in [-0.39, 0.29) is 17.5 Å². The van der Waals surface area contributed by atoms with Gasteiger partial charge in [0.1, 0.15) is 11.6 Å². The maximum absolute atomic E-state index is 13.0. The summed E-state index contributed by atoms with van der Waals surface area (Å²) >= 11 is 5.66. The Kier molecular flexibility index (Phi) is 5.20. The number of carbonyl (C=O) groups is 1. The molecule has 1 atom stereocenters. The summed E-state index contributed by atoms with van der Waals surface area (Å²) in [5, 5.41) is 3.17.